The minimum atomic E-state index is 0.473. The molecule has 0 spiro atoms. The van der Waals surface area contributed by atoms with Gasteiger partial charge in [0.1, 0.15) is 5.69 Å². The maximum atomic E-state index is 5.58. The zero-order chi connectivity index (χ0) is 17.5. The van der Waals surface area contributed by atoms with Crippen LogP contribution in [0.25, 0.3) is 0 Å². The van der Waals surface area contributed by atoms with Gasteiger partial charge in [0, 0.05) is 23.8 Å². The zero-order valence-electron chi connectivity index (χ0n) is 13.7. The maximum Gasteiger partial charge on any atom is 0.198 e. The molecule has 5 nitrogen and oxygen atoms in total. The third-order valence-corrected chi connectivity index (χ3v) is 3.76. The van der Waals surface area contributed by atoms with Crippen molar-refractivity contribution in [3.05, 3.63) is 84.9 Å². The lowest BCUT2D eigenvalue weighted by Gasteiger charge is -2.24. The Morgan fingerprint density at radius 3 is 2.08 bits per heavy atom. The summed E-state index contributed by atoms with van der Waals surface area (Å²) in [6, 6.07) is 19.8. The van der Waals surface area contributed by atoms with Gasteiger partial charge in [0.25, 0.3) is 0 Å². The molecule has 0 aliphatic carbocycles. The molecule has 0 saturated heterocycles. The molecule has 3 aromatic rings. The van der Waals surface area contributed by atoms with Crippen LogP contribution in [0.5, 0.6) is 0 Å². The summed E-state index contributed by atoms with van der Waals surface area (Å²) in [5.41, 5.74) is 6.27. The molecule has 1 aromatic heterocycles. The van der Waals surface area contributed by atoms with Crippen LogP contribution in [0.1, 0.15) is 12.6 Å². The fourth-order valence-electron chi connectivity index (χ4n) is 2.26. The summed E-state index contributed by atoms with van der Waals surface area (Å²) in [6.45, 7) is 1.86. The van der Waals surface area contributed by atoms with Gasteiger partial charge in [0.05, 0.1) is 11.9 Å². The van der Waals surface area contributed by atoms with Crippen molar-refractivity contribution >= 4 is 34.4 Å². The molecule has 25 heavy (non-hydrogen) atoms. The fourth-order valence-corrected chi connectivity index (χ4v) is 2.52. The molecule has 1 heterocycles. The maximum absolute atomic E-state index is 5.58. The number of benzene rings is 2. The van der Waals surface area contributed by atoms with E-state index < -0.39 is 0 Å². The predicted octanol–water partition coefficient (Wildman–Crippen LogP) is 3.91. The van der Waals surface area contributed by atoms with Crippen LogP contribution in [0.3, 0.4) is 0 Å². The van der Waals surface area contributed by atoms with Crippen molar-refractivity contribution in [1.82, 2.24) is 15.4 Å². The lowest BCUT2D eigenvalue weighted by Crippen LogP contribution is -2.34. The predicted molar refractivity (Wildman–Crippen MR) is 105 cm³/mol. The molecule has 0 aliphatic heterocycles. The van der Waals surface area contributed by atoms with Gasteiger partial charge >= 0.3 is 0 Å². The van der Waals surface area contributed by atoms with E-state index in [2.05, 4.69) is 20.5 Å². The molecule has 0 saturated carbocycles. The summed E-state index contributed by atoms with van der Waals surface area (Å²) in [5.74, 6) is 0. The van der Waals surface area contributed by atoms with E-state index in [1.807, 2.05) is 72.5 Å². The smallest absolute Gasteiger partial charge is 0.198 e. The Morgan fingerprint density at radius 2 is 1.56 bits per heavy atom. The van der Waals surface area contributed by atoms with Crippen molar-refractivity contribution in [3.63, 3.8) is 0 Å². The Hall–Kier alpha value is -3.12. The first-order valence-corrected chi connectivity index (χ1v) is 8.17. The first-order chi connectivity index (χ1) is 12.3. The highest BCUT2D eigenvalue weighted by molar-refractivity contribution is 7.80. The van der Waals surface area contributed by atoms with Gasteiger partial charge in [-0.2, -0.15) is 5.10 Å². The molecule has 0 unspecified atom stereocenters. The van der Waals surface area contributed by atoms with E-state index in [1.165, 1.54) is 0 Å². The van der Waals surface area contributed by atoms with Crippen LogP contribution in [-0.2, 0) is 0 Å². The standard InChI is InChI=1S/C19H17N5S/c1-15(18-14-20-12-13-21-18)22-23-19(25)24(16-8-4-2-5-9-16)17-10-6-3-7-11-17/h2-14H,1H3,(H,23,25)/b22-15+. The average molecular weight is 347 g/mol. The van der Waals surface area contributed by atoms with Crippen LogP contribution in [0.15, 0.2) is 84.4 Å². The van der Waals surface area contributed by atoms with E-state index in [9.17, 15) is 0 Å². The summed E-state index contributed by atoms with van der Waals surface area (Å²) in [6.07, 6.45) is 4.92. The van der Waals surface area contributed by atoms with Crippen molar-refractivity contribution in [3.8, 4) is 0 Å². The van der Waals surface area contributed by atoms with E-state index in [1.54, 1.807) is 18.6 Å². The second-order valence-electron chi connectivity index (χ2n) is 5.21. The molecule has 6 heteroatoms. The number of hydrogen-bond acceptors (Lipinski definition) is 4. The number of nitrogens with one attached hydrogen (secondary N) is 1. The molecule has 0 aliphatic rings. The lowest BCUT2D eigenvalue weighted by molar-refractivity contribution is 1.01. The summed E-state index contributed by atoms with van der Waals surface area (Å²) in [4.78, 5) is 10.2. The number of anilines is 2. The largest absolute Gasteiger partial charge is 0.286 e. The zero-order valence-corrected chi connectivity index (χ0v) is 14.5. The number of thiocarbonyl (C=S) groups is 1. The molecule has 124 valence electrons. The topological polar surface area (TPSA) is 53.4 Å². The van der Waals surface area contributed by atoms with Crippen molar-refractivity contribution in [2.45, 2.75) is 6.92 Å². The molecule has 0 bridgehead atoms. The second-order valence-corrected chi connectivity index (χ2v) is 5.60. The van der Waals surface area contributed by atoms with E-state index >= 15 is 0 Å². The van der Waals surface area contributed by atoms with E-state index in [4.69, 9.17) is 12.2 Å². The molecular weight excluding hydrogens is 330 g/mol. The van der Waals surface area contributed by atoms with Gasteiger partial charge < -0.3 is 0 Å². The van der Waals surface area contributed by atoms with Gasteiger partial charge in [0.15, 0.2) is 5.11 Å². The van der Waals surface area contributed by atoms with E-state index in [0.29, 0.717) is 16.5 Å². The Morgan fingerprint density at radius 1 is 0.960 bits per heavy atom. The summed E-state index contributed by atoms with van der Waals surface area (Å²) in [5, 5.41) is 4.82. The quantitative estimate of drug-likeness (QED) is 0.440. The first-order valence-electron chi connectivity index (χ1n) is 7.76. The number of nitrogens with zero attached hydrogens (tertiary/aromatic N) is 4. The van der Waals surface area contributed by atoms with Gasteiger partial charge in [-0.3, -0.25) is 20.3 Å². The molecule has 1 N–H and O–H groups in total. The van der Waals surface area contributed by atoms with Gasteiger partial charge in [0.2, 0.25) is 0 Å². The van der Waals surface area contributed by atoms with E-state index in [0.717, 1.165) is 11.4 Å². The average Bonchev–Trinajstić information content (AvgIpc) is 2.69. The third kappa shape index (κ3) is 4.24. The number of rotatable bonds is 4. The molecule has 3 rings (SSSR count). The molecule has 0 fully saturated rings. The SMILES string of the molecule is C/C(=N\NC(=S)N(c1ccccc1)c1ccccc1)c1cnccn1. The normalized spacial score (nSPS) is 11.0. The summed E-state index contributed by atoms with van der Waals surface area (Å²) >= 11 is 5.58. The van der Waals surface area contributed by atoms with Crippen molar-refractivity contribution in [2.24, 2.45) is 5.10 Å². The first kappa shape index (κ1) is 16.7. The number of para-hydroxylation sites is 2. The molecule has 0 atom stereocenters. The van der Waals surface area contributed by atoms with Gasteiger partial charge in [-0.05, 0) is 43.4 Å². The van der Waals surface area contributed by atoms with Crippen molar-refractivity contribution < 1.29 is 0 Å². The lowest BCUT2D eigenvalue weighted by atomic mass is 10.2. The van der Waals surface area contributed by atoms with E-state index in [-0.39, 0.29) is 0 Å². The Balaban J connectivity index is 1.85. The Labute approximate surface area is 152 Å². The number of aromatic nitrogens is 2. The molecule has 0 radical (unpaired) electrons. The van der Waals surface area contributed by atoms with Crippen LogP contribution in [0.2, 0.25) is 0 Å². The summed E-state index contributed by atoms with van der Waals surface area (Å²) < 4.78 is 0. The van der Waals surface area contributed by atoms with Gasteiger partial charge in [-0.25, -0.2) is 0 Å². The molecular formula is C19H17N5S. The molecule has 2 aromatic carbocycles. The van der Waals surface area contributed by atoms with Crippen LogP contribution in [-0.4, -0.2) is 20.8 Å². The van der Waals surface area contributed by atoms with Crippen molar-refractivity contribution in [1.29, 1.82) is 0 Å². The van der Waals surface area contributed by atoms with Crippen LogP contribution in [0.4, 0.5) is 11.4 Å². The van der Waals surface area contributed by atoms with Gasteiger partial charge in [-0.15, -0.1) is 0 Å². The Kier molecular flexibility index (Phi) is 5.43. The summed E-state index contributed by atoms with van der Waals surface area (Å²) in [7, 11) is 0. The highest BCUT2D eigenvalue weighted by Crippen LogP contribution is 2.24. The number of hydrazone groups is 1. The minimum Gasteiger partial charge on any atom is -0.286 e. The monoisotopic (exact) mass is 347 g/mol. The Bertz CT molecular complexity index is 811. The van der Waals surface area contributed by atoms with Crippen molar-refractivity contribution in [2.75, 3.05) is 4.90 Å². The second kappa shape index (κ2) is 8.12. The third-order valence-electron chi connectivity index (χ3n) is 3.48. The van der Waals surface area contributed by atoms with Crippen LogP contribution < -0.4 is 10.3 Å². The highest BCUT2D eigenvalue weighted by Gasteiger charge is 2.14. The van der Waals surface area contributed by atoms with Crippen LogP contribution >= 0.6 is 12.2 Å². The minimum absolute atomic E-state index is 0.473. The fraction of sp³-hybridized carbons (Fsp3) is 0.0526. The number of hydrogen-bond donors (Lipinski definition) is 1. The highest BCUT2D eigenvalue weighted by atomic mass is 32.1. The van der Waals surface area contributed by atoms with Crippen LogP contribution in [0, 0.1) is 0 Å². The van der Waals surface area contributed by atoms with Gasteiger partial charge in [-0.1, -0.05) is 36.4 Å². The molecule has 0 amide bonds.